The summed E-state index contributed by atoms with van der Waals surface area (Å²) in [5.41, 5.74) is 2.65. The molecule has 1 fully saturated rings. The molecule has 2 aromatic carbocycles. The standard InChI is InChI=1S/C21H15F2N5/c22-16-5-3-13(10-17(16)23)14-2-4-15-18(11-14)26-20(19-12-24-6-7-25-19)27-21(15)28-8-1-9-28/h2-7,10-12H,1,8-9H2. The van der Waals surface area contributed by atoms with E-state index >= 15 is 0 Å². The van der Waals surface area contributed by atoms with Crippen molar-refractivity contribution in [1.29, 1.82) is 0 Å². The van der Waals surface area contributed by atoms with E-state index in [-0.39, 0.29) is 0 Å². The topological polar surface area (TPSA) is 54.8 Å². The number of fused-ring (bicyclic) bond motifs is 1. The highest BCUT2D eigenvalue weighted by atomic mass is 19.2. The van der Waals surface area contributed by atoms with Crippen LogP contribution in [0.5, 0.6) is 0 Å². The molecule has 1 aliphatic heterocycles. The Morgan fingerprint density at radius 2 is 1.68 bits per heavy atom. The first-order valence-corrected chi connectivity index (χ1v) is 8.97. The third kappa shape index (κ3) is 2.85. The smallest absolute Gasteiger partial charge is 0.182 e. The van der Waals surface area contributed by atoms with E-state index < -0.39 is 11.6 Å². The van der Waals surface area contributed by atoms with Gasteiger partial charge in [0.2, 0.25) is 0 Å². The Balaban J connectivity index is 1.69. The Kier molecular flexibility index (Phi) is 3.93. The number of rotatable bonds is 3. The fraction of sp³-hybridized carbons (Fsp3) is 0.143. The quantitative estimate of drug-likeness (QED) is 0.536. The maximum atomic E-state index is 13.7. The molecule has 1 aliphatic rings. The van der Waals surface area contributed by atoms with Crippen molar-refractivity contribution in [3.63, 3.8) is 0 Å². The number of anilines is 1. The molecule has 0 aliphatic carbocycles. The van der Waals surface area contributed by atoms with Crippen molar-refractivity contribution < 1.29 is 8.78 Å². The average molecular weight is 375 g/mol. The van der Waals surface area contributed by atoms with Crippen molar-refractivity contribution in [1.82, 2.24) is 19.9 Å². The number of hydrogen-bond donors (Lipinski definition) is 0. The Bertz CT molecular complexity index is 1180. The van der Waals surface area contributed by atoms with Crippen LogP contribution in [0.1, 0.15) is 6.42 Å². The van der Waals surface area contributed by atoms with E-state index in [0.29, 0.717) is 17.1 Å². The van der Waals surface area contributed by atoms with Crippen LogP contribution in [0.15, 0.2) is 55.0 Å². The van der Waals surface area contributed by atoms with Gasteiger partial charge in [-0.05, 0) is 41.8 Å². The number of aromatic nitrogens is 4. The molecule has 0 amide bonds. The molecule has 138 valence electrons. The lowest BCUT2D eigenvalue weighted by Gasteiger charge is -2.33. The van der Waals surface area contributed by atoms with Gasteiger partial charge >= 0.3 is 0 Å². The molecule has 0 radical (unpaired) electrons. The summed E-state index contributed by atoms with van der Waals surface area (Å²) < 4.78 is 26.9. The molecule has 5 rings (SSSR count). The fourth-order valence-electron chi connectivity index (χ4n) is 3.27. The van der Waals surface area contributed by atoms with Crippen molar-refractivity contribution in [3.8, 4) is 22.6 Å². The summed E-state index contributed by atoms with van der Waals surface area (Å²) in [6.07, 6.45) is 5.95. The summed E-state index contributed by atoms with van der Waals surface area (Å²) in [4.78, 5) is 20.0. The van der Waals surface area contributed by atoms with Gasteiger partial charge in [-0.1, -0.05) is 12.1 Å². The molecule has 0 atom stereocenters. The molecule has 0 spiro atoms. The second kappa shape index (κ2) is 6.60. The average Bonchev–Trinajstić information content (AvgIpc) is 2.69. The Hall–Kier alpha value is -3.48. The van der Waals surface area contributed by atoms with Crippen LogP contribution >= 0.6 is 0 Å². The molecule has 5 nitrogen and oxygen atoms in total. The Labute approximate surface area is 159 Å². The molecule has 0 unspecified atom stereocenters. The second-order valence-electron chi connectivity index (χ2n) is 6.66. The van der Waals surface area contributed by atoms with E-state index in [1.807, 2.05) is 18.2 Å². The van der Waals surface area contributed by atoms with E-state index in [1.165, 1.54) is 6.07 Å². The third-order valence-electron chi connectivity index (χ3n) is 4.88. The van der Waals surface area contributed by atoms with Crippen LogP contribution in [0, 0.1) is 11.6 Å². The molecule has 3 heterocycles. The molecular formula is C21H15F2N5. The summed E-state index contributed by atoms with van der Waals surface area (Å²) in [5.74, 6) is -0.391. The molecule has 28 heavy (non-hydrogen) atoms. The number of halogens is 2. The highest BCUT2D eigenvalue weighted by Gasteiger charge is 2.21. The second-order valence-corrected chi connectivity index (χ2v) is 6.66. The van der Waals surface area contributed by atoms with Crippen molar-refractivity contribution in [2.24, 2.45) is 0 Å². The summed E-state index contributed by atoms with van der Waals surface area (Å²) in [6, 6.07) is 9.56. The monoisotopic (exact) mass is 375 g/mol. The van der Waals surface area contributed by atoms with Crippen LogP contribution < -0.4 is 4.90 Å². The van der Waals surface area contributed by atoms with Crippen LogP contribution in [0.3, 0.4) is 0 Å². The SMILES string of the molecule is Fc1ccc(-c2ccc3c(N4CCC4)nc(-c4cnccn4)nc3c2)cc1F. The van der Waals surface area contributed by atoms with Gasteiger partial charge in [0, 0.05) is 30.9 Å². The van der Waals surface area contributed by atoms with Crippen molar-refractivity contribution in [2.45, 2.75) is 6.42 Å². The first kappa shape index (κ1) is 16.7. The lowest BCUT2D eigenvalue weighted by Crippen LogP contribution is -2.37. The van der Waals surface area contributed by atoms with Crippen LogP contribution in [0.4, 0.5) is 14.6 Å². The van der Waals surface area contributed by atoms with E-state index in [2.05, 4.69) is 19.9 Å². The number of benzene rings is 2. The largest absolute Gasteiger partial charge is 0.356 e. The van der Waals surface area contributed by atoms with Crippen LogP contribution in [-0.4, -0.2) is 33.0 Å². The van der Waals surface area contributed by atoms with Gasteiger partial charge in [-0.25, -0.2) is 23.7 Å². The van der Waals surface area contributed by atoms with Crippen molar-refractivity contribution in [2.75, 3.05) is 18.0 Å². The van der Waals surface area contributed by atoms with Crippen LogP contribution in [-0.2, 0) is 0 Å². The molecule has 0 saturated carbocycles. The van der Waals surface area contributed by atoms with Gasteiger partial charge in [-0.15, -0.1) is 0 Å². The fourth-order valence-corrected chi connectivity index (χ4v) is 3.27. The highest BCUT2D eigenvalue weighted by molar-refractivity contribution is 5.94. The van der Waals surface area contributed by atoms with E-state index in [0.717, 1.165) is 47.9 Å². The van der Waals surface area contributed by atoms with Gasteiger partial charge in [0.05, 0.1) is 11.7 Å². The van der Waals surface area contributed by atoms with E-state index in [4.69, 9.17) is 4.98 Å². The molecule has 1 saturated heterocycles. The zero-order valence-corrected chi connectivity index (χ0v) is 14.8. The van der Waals surface area contributed by atoms with Gasteiger partial charge < -0.3 is 4.90 Å². The van der Waals surface area contributed by atoms with Gasteiger partial charge in [-0.2, -0.15) is 0 Å². The maximum absolute atomic E-state index is 13.7. The lowest BCUT2D eigenvalue weighted by molar-refractivity contribution is 0.509. The molecule has 0 bridgehead atoms. The van der Waals surface area contributed by atoms with Gasteiger partial charge in [0.15, 0.2) is 17.5 Å². The normalized spacial score (nSPS) is 13.6. The number of hydrogen-bond acceptors (Lipinski definition) is 5. The molecule has 2 aromatic heterocycles. The summed E-state index contributed by atoms with van der Waals surface area (Å²) in [7, 11) is 0. The first-order chi connectivity index (χ1) is 13.7. The van der Waals surface area contributed by atoms with Gasteiger partial charge in [0.25, 0.3) is 0 Å². The van der Waals surface area contributed by atoms with Crippen LogP contribution in [0.2, 0.25) is 0 Å². The summed E-state index contributed by atoms with van der Waals surface area (Å²) in [6.45, 7) is 1.88. The summed E-state index contributed by atoms with van der Waals surface area (Å²) in [5, 5.41) is 0.915. The maximum Gasteiger partial charge on any atom is 0.182 e. The molecular weight excluding hydrogens is 360 g/mol. The molecule has 4 aromatic rings. The lowest BCUT2D eigenvalue weighted by atomic mass is 10.0. The van der Waals surface area contributed by atoms with Crippen molar-refractivity contribution >= 4 is 16.7 Å². The molecule has 7 heteroatoms. The van der Waals surface area contributed by atoms with Crippen LogP contribution in [0.25, 0.3) is 33.5 Å². The first-order valence-electron chi connectivity index (χ1n) is 8.97. The zero-order valence-electron chi connectivity index (χ0n) is 14.8. The molecule has 0 N–H and O–H groups in total. The Morgan fingerprint density at radius 3 is 2.39 bits per heavy atom. The minimum absolute atomic E-state index is 0.491. The van der Waals surface area contributed by atoms with E-state index in [1.54, 1.807) is 24.7 Å². The minimum atomic E-state index is -0.873. The number of nitrogens with zero attached hydrogens (tertiary/aromatic N) is 5. The predicted octanol–water partition coefficient (Wildman–Crippen LogP) is 4.24. The summed E-state index contributed by atoms with van der Waals surface area (Å²) >= 11 is 0. The third-order valence-corrected chi connectivity index (χ3v) is 4.88. The highest BCUT2D eigenvalue weighted by Crippen LogP contribution is 2.32. The van der Waals surface area contributed by atoms with Gasteiger partial charge in [0.1, 0.15) is 11.5 Å². The van der Waals surface area contributed by atoms with E-state index in [9.17, 15) is 8.78 Å². The zero-order chi connectivity index (χ0) is 19.1. The van der Waals surface area contributed by atoms with Crippen molar-refractivity contribution in [3.05, 3.63) is 66.6 Å². The minimum Gasteiger partial charge on any atom is -0.356 e. The van der Waals surface area contributed by atoms with Gasteiger partial charge in [-0.3, -0.25) is 4.98 Å². The Morgan fingerprint density at radius 1 is 0.857 bits per heavy atom. The predicted molar refractivity (Wildman–Crippen MR) is 103 cm³/mol.